The van der Waals surface area contributed by atoms with E-state index >= 15 is 0 Å². The highest BCUT2D eigenvalue weighted by atomic mass is 19.4. The minimum absolute atomic E-state index is 0.0160. The smallest absolute Gasteiger partial charge is 0.416 e. The number of carbonyl (C=O) groups excluding carboxylic acids is 2. The topological polar surface area (TPSA) is 95.5 Å². The highest BCUT2D eigenvalue weighted by Gasteiger charge is 2.47. The lowest BCUT2D eigenvalue weighted by Crippen LogP contribution is -2.43. The van der Waals surface area contributed by atoms with Gasteiger partial charge in [-0.3, -0.25) is 9.59 Å². The number of ketones is 1. The van der Waals surface area contributed by atoms with Gasteiger partial charge in [0.2, 0.25) is 0 Å². The Balaban J connectivity index is 1.46. The highest BCUT2D eigenvalue weighted by Crippen LogP contribution is 2.43. The number of hydrogen-bond donors (Lipinski definition) is 3. The first-order valence-corrected chi connectivity index (χ1v) is 12.2. The first-order valence-electron chi connectivity index (χ1n) is 12.2. The second kappa shape index (κ2) is 10.3. The summed E-state index contributed by atoms with van der Waals surface area (Å²) < 4.78 is 38.7. The molecule has 1 aliphatic rings. The number of nitrogens with one attached hydrogen (secondary N) is 2. The number of alkyl halides is 3. The van der Waals surface area contributed by atoms with E-state index in [4.69, 9.17) is 0 Å². The molecule has 2 unspecified atom stereocenters. The Kier molecular flexibility index (Phi) is 7.31. The number of carbonyl (C=O) groups is 3. The quantitative estimate of drug-likeness (QED) is 0.316. The summed E-state index contributed by atoms with van der Waals surface area (Å²) in [6.45, 7) is 3.52. The monoisotopic (exact) mass is 524 g/mol. The number of aryl methyl sites for hydroxylation is 1. The number of anilines is 2. The molecule has 0 aliphatic heterocycles. The minimum Gasteiger partial charge on any atom is -0.481 e. The van der Waals surface area contributed by atoms with Crippen LogP contribution in [0.25, 0.3) is 11.1 Å². The number of aliphatic carboxylic acids is 1. The zero-order chi connectivity index (χ0) is 27.7. The van der Waals surface area contributed by atoms with Gasteiger partial charge < -0.3 is 15.7 Å². The Hall–Kier alpha value is -4.14. The number of halogens is 3. The number of urea groups is 1. The van der Waals surface area contributed by atoms with Gasteiger partial charge >= 0.3 is 18.2 Å². The summed E-state index contributed by atoms with van der Waals surface area (Å²) in [6, 6.07) is 16.1. The SMILES string of the molecule is CCC(C(=O)O)C1(C)CCc2cc(-c3ccc(NC(=O)Nc4cccc(C(F)(F)F)c4)cc3)ccc2C1=O. The first-order chi connectivity index (χ1) is 17.9. The summed E-state index contributed by atoms with van der Waals surface area (Å²) in [5.41, 5.74) is 1.78. The van der Waals surface area contributed by atoms with Crippen molar-refractivity contribution in [3.05, 3.63) is 83.4 Å². The molecule has 3 aromatic carbocycles. The molecule has 0 spiro atoms. The standard InChI is InChI=1S/C29H27F3N2O4/c1-3-24(26(36)37)28(2)14-13-19-15-18(9-12-23(19)25(28)35)17-7-10-21(11-8-17)33-27(38)34-22-6-4-5-20(16-22)29(30,31)32/h4-12,15-16,24H,3,13-14H2,1-2H3,(H,36,37)(H2,33,34,38). The zero-order valence-corrected chi connectivity index (χ0v) is 20.9. The molecule has 198 valence electrons. The molecule has 0 fully saturated rings. The molecule has 4 rings (SSSR count). The molecular weight excluding hydrogens is 497 g/mol. The van der Waals surface area contributed by atoms with Crippen LogP contribution >= 0.6 is 0 Å². The van der Waals surface area contributed by atoms with E-state index in [-0.39, 0.29) is 11.5 Å². The third-order valence-electron chi connectivity index (χ3n) is 7.18. The molecule has 0 radical (unpaired) electrons. The molecule has 9 heteroatoms. The number of fused-ring (bicyclic) bond motifs is 1. The van der Waals surface area contributed by atoms with Crippen molar-refractivity contribution in [3.8, 4) is 11.1 Å². The maximum Gasteiger partial charge on any atom is 0.416 e. The van der Waals surface area contributed by atoms with E-state index in [2.05, 4.69) is 10.6 Å². The van der Waals surface area contributed by atoms with Crippen LogP contribution in [-0.4, -0.2) is 22.9 Å². The molecule has 0 bridgehead atoms. The number of hydrogen-bond acceptors (Lipinski definition) is 3. The van der Waals surface area contributed by atoms with Gasteiger partial charge in [0, 0.05) is 22.4 Å². The highest BCUT2D eigenvalue weighted by molar-refractivity contribution is 6.05. The van der Waals surface area contributed by atoms with Crippen molar-refractivity contribution < 1.29 is 32.7 Å². The summed E-state index contributed by atoms with van der Waals surface area (Å²) in [6.07, 6.45) is -3.09. The van der Waals surface area contributed by atoms with E-state index in [1.165, 1.54) is 12.1 Å². The third kappa shape index (κ3) is 5.41. The number of rotatable bonds is 6. The van der Waals surface area contributed by atoms with Gasteiger partial charge in [-0.1, -0.05) is 50.2 Å². The van der Waals surface area contributed by atoms with Crippen LogP contribution in [0, 0.1) is 11.3 Å². The lowest BCUT2D eigenvalue weighted by molar-refractivity contribution is -0.145. The van der Waals surface area contributed by atoms with Gasteiger partial charge in [0.1, 0.15) is 0 Å². The van der Waals surface area contributed by atoms with Crippen LogP contribution < -0.4 is 10.6 Å². The van der Waals surface area contributed by atoms with Gasteiger partial charge in [0.05, 0.1) is 11.5 Å². The summed E-state index contributed by atoms with van der Waals surface area (Å²) in [5.74, 6) is -1.85. The van der Waals surface area contributed by atoms with E-state index in [1.54, 1.807) is 44.2 Å². The molecule has 3 aromatic rings. The lowest BCUT2D eigenvalue weighted by atomic mass is 9.63. The lowest BCUT2D eigenvalue weighted by Gasteiger charge is -2.37. The molecule has 0 saturated carbocycles. The Morgan fingerprint density at radius 3 is 2.26 bits per heavy atom. The van der Waals surface area contributed by atoms with Crippen molar-refractivity contribution in [1.29, 1.82) is 0 Å². The number of benzene rings is 3. The van der Waals surface area contributed by atoms with Gasteiger partial charge in [-0.2, -0.15) is 13.2 Å². The van der Waals surface area contributed by atoms with Crippen LogP contribution in [-0.2, 0) is 17.4 Å². The van der Waals surface area contributed by atoms with Crippen molar-refractivity contribution in [2.45, 2.75) is 39.3 Å². The average Bonchev–Trinajstić information content (AvgIpc) is 2.86. The van der Waals surface area contributed by atoms with Crippen molar-refractivity contribution in [2.75, 3.05) is 10.6 Å². The van der Waals surface area contributed by atoms with Crippen LogP contribution in [0.15, 0.2) is 66.7 Å². The fraction of sp³-hybridized carbons (Fsp3) is 0.276. The fourth-order valence-corrected chi connectivity index (χ4v) is 5.06. The van der Waals surface area contributed by atoms with E-state index < -0.39 is 35.1 Å². The Morgan fingerprint density at radius 2 is 1.63 bits per heavy atom. The summed E-state index contributed by atoms with van der Waals surface area (Å²) in [5, 5.41) is 14.6. The Labute approximate surface area is 217 Å². The van der Waals surface area contributed by atoms with Crippen molar-refractivity contribution in [1.82, 2.24) is 0 Å². The minimum atomic E-state index is -4.51. The molecule has 0 saturated heterocycles. The number of amides is 2. The van der Waals surface area contributed by atoms with Crippen molar-refractivity contribution in [3.63, 3.8) is 0 Å². The molecule has 3 N–H and O–H groups in total. The normalized spacial score (nSPS) is 17.9. The van der Waals surface area contributed by atoms with Gasteiger partial charge in [0.15, 0.2) is 5.78 Å². The predicted molar refractivity (Wildman–Crippen MR) is 138 cm³/mol. The van der Waals surface area contributed by atoms with E-state index in [0.717, 1.165) is 28.8 Å². The molecule has 1 aliphatic carbocycles. The molecule has 0 aromatic heterocycles. The third-order valence-corrected chi connectivity index (χ3v) is 7.18. The van der Waals surface area contributed by atoms with Crippen LogP contribution in [0.2, 0.25) is 0 Å². The van der Waals surface area contributed by atoms with Gasteiger partial charge in [-0.05, 0) is 66.3 Å². The second-order valence-corrected chi connectivity index (χ2v) is 9.65. The maximum atomic E-state index is 13.3. The summed E-state index contributed by atoms with van der Waals surface area (Å²) in [4.78, 5) is 37.3. The van der Waals surface area contributed by atoms with Gasteiger partial charge in [-0.25, -0.2) is 4.79 Å². The second-order valence-electron chi connectivity index (χ2n) is 9.65. The van der Waals surface area contributed by atoms with Crippen LogP contribution in [0.1, 0.15) is 48.2 Å². The van der Waals surface area contributed by atoms with Gasteiger partial charge in [0.25, 0.3) is 0 Å². The molecule has 2 amide bonds. The maximum absolute atomic E-state index is 13.3. The van der Waals surface area contributed by atoms with E-state index in [0.29, 0.717) is 30.5 Å². The van der Waals surface area contributed by atoms with E-state index in [1.807, 2.05) is 12.1 Å². The van der Waals surface area contributed by atoms with Crippen LogP contribution in [0.5, 0.6) is 0 Å². The average molecular weight is 525 g/mol. The zero-order valence-electron chi connectivity index (χ0n) is 20.9. The Bertz CT molecular complexity index is 1390. The number of carboxylic acid groups (broad SMARTS) is 1. The molecule has 6 nitrogen and oxygen atoms in total. The molecule has 0 heterocycles. The Morgan fingerprint density at radius 1 is 0.974 bits per heavy atom. The van der Waals surface area contributed by atoms with Gasteiger partial charge in [-0.15, -0.1) is 0 Å². The first kappa shape index (κ1) is 26.9. The molecule has 2 atom stereocenters. The van der Waals surface area contributed by atoms with Crippen molar-refractivity contribution >= 4 is 29.2 Å². The van der Waals surface area contributed by atoms with E-state index in [9.17, 15) is 32.7 Å². The summed E-state index contributed by atoms with van der Waals surface area (Å²) in [7, 11) is 0. The summed E-state index contributed by atoms with van der Waals surface area (Å²) >= 11 is 0. The molecular formula is C29H27F3N2O4. The molecule has 38 heavy (non-hydrogen) atoms. The van der Waals surface area contributed by atoms with Crippen LogP contribution in [0.4, 0.5) is 29.3 Å². The van der Waals surface area contributed by atoms with Crippen LogP contribution in [0.3, 0.4) is 0 Å². The number of Topliss-reactive ketones (excluding diaryl/α,β-unsaturated/α-hetero) is 1. The predicted octanol–water partition coefficient (Wildman–Crippen LogP) is 7.26. The number of carboxylic acids is 1. The van der Waals surface area contributed by atoms with Crippen molar-refractivity contribution in [2.24, 2.45) is 11.3 Å². The fourth-order valence-electron chi connectivity index (χ4n) is 5.06. The largest absolute Gasteiger partial charge is 0.481 e.